The second kappa shape index (κ2) is 4.81. The number of hydrogen-bond donors (Lipinski definition) is 1. The molecule has 0 unspecified atom stereocenters. The first-order chi connectivity index (χ1) is 9.65. The summed E-state index contributed by atoms with van der Waals surface area (Å²) < 4.78 is 15.5. The summed E-state index contributed by atoms with van der Waals surface area (Å²) in [4.78, 5) is 11.0. The molecule has 0 fully saturated rings. The van der Waals surface area contributed by atoms with Gasteiger partial charge in [0.05, 0.1) is 12.1 Å². The minimum Gasteiger partial charge on any atom is -0.478 e. The molecule has 0 aliphatic carbocycles. The van der Waals surface area contributed by atoms with E-state index in [4.69, 9.17) is 5.11 Å². The maximum absolute atomic E-state index is 13.7. The molecule has 1 heterocycles. The van der Waals surface area contributed by atoms with Crippen molar-refractivity contribution in [1.82, 2.24) is 4.57 Å². The fraction of sp³-hybridized carbons (Fsp3) is 0.0625. The maximum Gasteiger partial charge on any atom is 0.335 e. The molecular weight excluding hydrogens is 257 g/mol. The average molecular weight is 269 g/mol. The van der Waals surface area contributed by atoms with Gasteiger partial charge in [-0.3, -0.25) is 0 Å². The highest BCUT2D eigenvalue weighted by Crippen LogP contribution is 2.20. The van der Waals surface area contributed by atoms with E-state index in [2.05, 4.69) is 0 Å². The third-order valence-electron chi connectivity index (χ3n) is 3.32. The Morgan fingerprint density at radius 1 is 1.15 bits per heavy atom. The number of nitrogens with zero attached hydrogens (tertiary/aromatic N) is 1. The van der Waals surface area contributed by atoms with E-state index in [-0.39, 0.29) is 11.4 Å². The van der Waals surface area contributed by atoms with Crippen LogP contribution in [0.2, 0.25) is 0 Å². The van der Waals surface area contributed by atoms with E-state index < -0.39 is 5.97 Å². The van der Waals surface area contributed by atoms with Gasteiger partial charge in [0.25, 0.3) is 0 Å². The Labute approximate surface area is 114 Å². The molecule has 100 valence electrons. The molecule has 0 aliphatic heterocycles. The highest BCUT2D eigenvalue weighted by molar-refractivity contribution is 5.93. The summed E-state index contributed by atoms with van der Waals surface area (Å²) in [6.07, 6.45) is 1.84. The van der Waals surface area contributed by atoms with Crippen molar-refractivity contribution in [2.24, 2.45) is 0 Å². The average Bonchev–Trinajstić information content (AvgIpc) is 2.84. The summed E-state index contributed by atoms with van der Waals surface area (Å²) in [6, 6.07) is 13.4. The predicted octanol–water partition coefficient (Wildman–Crippen LogP) is 3.53. The monoisotopic (exact) mass is 269 g/mol. The Kier molecular flexibility index (Phi) is 2.99. The number of aromatic carboxylic acids is 1. The molecule has 4 heteroatoms. The van der Waals surface area contributed by atoms with Crippen molar-refractivity contribution in [3.8, 4) is 0 Å². The largest absolute Gasteiger partial charge is 0.478 e. The first-order valence-corrected chi connectivity index (χ1v) is 6.21. The molecule has 0 saturated carbocycles. The SMILES string of the molecule is O=C(O)c1ccc2ccn(Cc3ccccc3F)c2c1. The minimum atomic E-state index is -0.967. The molecular formula is C16H12FNO2. The molecule has 0 bridgehead atoms. The molecule has 1 N–H and O–H groups in total. The number of halogens is 1. The van der Waals surface area contributed by atoms with E-state index in [1.54, 1.807) is 36.4 Å². The summed E-state index contributed by atoms with van der Waals surface area (Å²) in [5.41, 5.74) is 1.59. The molecule has 20 heavy (non-hydrogen) atoms. The van der Waals surface area contributed by atoms with Gasteiger partial charge >= 0.3 is 5.97 Å². The van der Waals surface area contributed by atoms with Crippen molar-refractivity contribution in [3.63, 3.8) is 0 Å². The first-order valence-electron chi connectivity index (χ1n) is 6.21. The smallest absolute Gasteiger partial charge is 0.335 e. The van der Waals surface area contributed by atoms with Crippen LogP contribution in [0, 0.1) is 5.82 Å². The molecule has 3 aromatic rings. The summed E-state index contributed by atoms with van der Waals surface area (Å²) in [5.74, 6) is -1.23. The number of carboxylic acids is 1. The van der Waals surface area contributed by atoms with Crippen LogP contribution in [0.1, 0.15) is 15.9 Å². The Morgan fingerprint density at radius 2 is 1.95 bits per heavy atom. The van der Waals surface area contributed by atoms with Gasteiger partial charge < -0.3 is 9.67 Å². The van der Waals surface area contributed by atoms with Crippen LogP contribution in [0.25, 0.3) is 10.9 Å². The topological polar surface area (TPSA) is 42.2 Å². The fourth-order valence-electron chi connectivity index (χ4n) is 2.26. The summed E-state index contributed by atoms with van der Waals surface area (Å²) >= 11 is 0. The van der Waals surface area contributed by atoms with Gasteiger partial charge in [0, 0.05) is 17.3 Å². The van der Waals surface area contributed by atoms with Crippen molar-refractivity contribution in [3.05, 3.63) is 71.7 Å². The second-order valence-corrected chi connectivity index (χ2v) is 4.61. The van der Waals surface area contributed by atoms with Crippen LogP contribution >= 0.6 is 0 Å². The van der Waals surface area contributed by atoms with E-state index >= 15 is 0 Å². The Balaban J connectivity index is 2.06. The van der Waals surface area contributed by atoms with Gasteiger partial charge in [0.2, 0.25) is 0 Å². The number of fused-ring (bicyclic) bond motifs is 1. The predicted molar refractivity (Wildman–Crippen MR) is 74.4 cm³/mol. The number of hydrogen-bond acceptors (Lipinski definition) is 1. The molecule has 1 aromatic heterocycles. The fourth-order valence-corrected chi connectivity index (χ4v) is 2.26. The van der Waals surface area contributed by atoms with Gasteiger partial charge in [-0.25, -0.2) is 9.18 Å². The molecule has 0 aliphatic rings. The van der Waals surface area contributed by atoms with Crippen molar-refractivity contribution >= 4 is 16.9 Å². The number of rotatable bonds is 3. The normalized spacial score (nSPS) is 10.8. The summed E-state index contributed by atoms with van der Waals surface area (Å²) in [7, 11) is 0. The number of carboxylic acid groups (broad SMARTS) is 1. The lowest BCUT2D eigenvalue weighted by Gasteiger charge is -2.07. The second-order valence-electron chi connectivity index (χ2n) is 4.61. The Morgan fingerprint density at radius 3 is 2.70 bits per heavy atom. The van der Waals surface area contributed by atoms with Crippen molar-refractivity contribution in [1.29, 1.82) is 0 Å². The maximum atomic E-state index is 13.7. The van der Waals surface area contributed by atoms with Gasteiger partial charge in [-0.1, -0.05) is 24.3 Å². The lowest BCUT2D eigenvalue weighted by atomic mass is 10.1. The standard InChI is InChI=1S/C16H12FNO2/c17-14-4-2-1-3-13(14)10-18-8-7-11-5-6-12(16(19)20)9-15(11)18/h1-9H,10H2,(H,19,20). The molecule has 0 radical (unpaired) electrons. The van der Waals surface area contributed by atoms with Crippen LogP contribution in [0.4, 0.5) is 4.39 Å². The van der Waals surface area contributed by atoms with Crippen LogP contribution in [0.15, 0.2) is 54.7 Å². The lowest BCUT2D eigenvalue weighted by molar-refractivity contribution is 0.0697. The van der Waals surface area contributed by atoms with Crippen molar-refractivity contribution in [2.75, 3.05) is 0 Å². The number of aromatic nitrogens is 1. The molecule has 3 rings (SSSR count). The minimum absolute atomic E-state index is 0.228. The van der Waals surface area contributed by atoms with Gasteiger partial charge in [-0.15, -0.1) is 0 Å². The molecule has 3 nitrogen and oxygen atoms in total. The van der Waals surface area contributed by atoms with Gasteiger partial charge in [-0.2, -0.15) is 0 Å². The highest BCUT2D eigenvalue weighted by atomic mass is 19.1. The Hall–Kier alpha value is -2.62. The van der Waals surface area contributed by atoms with E-state index in [1.807, 2.05) is 16.8 Å². The van der Waals surface area contributed by atoms with Gasteiger partial charge in [0.15, 0.2) is 0 Å². The molecule has 0 atom stereocenters. The molecule has 2 aromatic carbocycles. The van der Waals surface area contributed by atoms with Crippen LogP contribution in [0.3, 0.4) is 0 Å². The molecule has 0 spiro atoms. The van der Waals surface area contributed by atoms with E-state index in [0.717, 1.165) is 10.9 Å². The lowest BCUT2D eigenvalue weighted by Crippen LogP contribution is -2.01. The highest BCUT2D eigenvalue weighted by Gasteiger charge is 2.08. The van der Waals surface area contributed by atoms with Gasteiger partial charge in [0.1, 0.15) is 5.82 Å². The quantitative estimate of drug-likeness (QED) is 0.790. The zero-order chi connectivity index (χ0) is 14.1. The summed E-state index contributed by atoms with van der Waals surface area (Å²) in [5, 5.41) is 9.97. The van der Waals surface area contributed by atoms with Crippen LogP contribution in [0.5, 0.6) is 0 Å². The van der Waals surface area contributed by atoms with E-state index in [9.17, 15) is 9.18 Å². The third-order valence-corrected chi connectivity index (χ3v) is 3.32. The van der Waals surface area contributed by atoms with E-state index in [0.29, 0.717) is 12.1 Å². The summed E-state index contributed by atoms with van der Waals surface area (Å²) in [6.45, 7) is 0.374. The zero-order valence-corrected chi connectivity index (χ0v) is 10.6. The van der Waals surface area contributed by atoms with Crippen molar-refractivity contribution in [2.45, 2.75) is 6.54 Å². The zero-order valence-electron chi connectivity index (χ0n) is 10.6. The van der Waals surface area contributed by atoms with E-state index in [1.165, 1.54) is 6.07 Å². The third kappa shape index (κ3) is 2.16. The van der Waals surface area contributed by atoms with Gasteiger partial charge in [-0.05, 0) is 29.7 Å². The van der Waals surface area contributed by atoms with Crippen LogP contribution in [-0.4, -0.2) is 15.6 Å². The number of benzene rings is 2. The van der Waals surface area contributed by atoms with Crippen LogP contribution < -0.4 is 0 Å². The Bertz CT molecular complexity index is 792. The molecule has 0 saturated heterocycles. The van der Waals surface area contributed by atoms with Crippen molar-refractivity contribution < 1.29 is 14.3 Å². The molecule has 0 amide bonds. The number of carbonyl (C=O) groups is 1. The van der Waals surface area contributed by atoms with Crippen LogP contribution in [-0.2, 0) is 6.54 Å². The first kappa shape index (κ1) is 12.4.